The Hall–Kier alpha value is -0.800. The van der Waals surface area contributed by atoms with E-state index in [1.807, 2.05) is 6.26 Å². The fourth-order valence-corrected chi connectivity index (χ4v) is 2.60. The first-order valence-electron chi connectivity index (χ1n) is 8.36. The third-order valence-electron chi connectivity index (χ3n) is 3.32. The van der Waals surface area contributed by atoms with Crippen LogP contribution in [0.5, 0.6) is 0 Å². The molecule has 0 spiro atoms. The Morgan fingerprint density at radius 2 is 1.62 bits per heavy atom. The van der Waals surface area contributed by atoms with Crippen molar-refractivity contribution in [2.75, 3.05) is 19.6 Å². The van der Waals surface area contributed by atoms with Crippen LogP contribution < -0.4 is 5.32 Å². The van der Waals surface area contributed by atoms with Crippen LogP contribution >= 0.6 is 0 Å². The van der Waals surface area contributed by atoms with Crippen LogP contribution in [0.15, 0.2) is 16.7 Å². The molecule has 0 aliphatic heterocycles. The zero-order valence-corrected chi connectivity index (χ0v) is 14.8. The highest BCUT2D eigenvalue weighted by Gasteiger charge is 2.14. The molecule has 0 saturated heterocycles. The molecule has 1 aromatic heterocycles. The summed E-state index contributed by atoms with van der Waals surface area (Å²) in [7, 11) is 0. The van der Waals surface area contributed by atoms with Crippen molar-refractivity contribution >= 4 is 0 Å². The summed E-state index contributed by atoms with van der Waals surface area (Å²) in [6, 6.07) is 2.10. The van der Waals surface area contributed by atoms with Gasteiger partial charge in [-0.2, -0.15) is 0 Å². The third kappa shape index (κ3) is 7.68. The van der Waals surface area contributed by atoms with Crippen molar-refractivity contribution in [2.24, 2.45) is 17.8 Å². The summed E-state index contributed by atoms with van der Waals surface area (Å²) >= 11 is 0. The molecular formula is C18H34N2O. The van der Waals surface area contributed by atoms with Gasteiger partial charge in [0.25, 0.3) is 0 Å². The van der Waals surface area contributed by atoms with Gasteiger partial charge in [-0.3, -0.25) is 4.90 Å². The van der Waals surface area contributed by atoms with E-state index in [9.17, 15) is 0 Å². The number of furan rings is 1. The van der Waals surface area contributed by atoms with E-state index in [0.717, 1.165) is 38.5 Å². The van der Waals surface area contributed by atoms with E-state index in [-0.39, 0.29) is 0 Å². The summed E-state index contributed by atoms with van der Waals surface area (Å²) in [5.41, 5.74) is 1.30. The van der Waals surface area contributed by atoms with Crippen LogP contribution in [-0.2, 0) is 13.1 Å². The lowest BCUT2D eigenvalue weighted by Gasteiger charge is -2.25. The normalized spacial score (nSPS) is 12.3. The van der Waals surface area contributed by atoms with Crippen LogP contribution in [0.3, 0.4) is 0 Å². The second-order valence-corrected chi connectivity index (χ2v) is 7.38. The summed E-state index contributed by atoms with van der Waals surface area (Å²) < 4.78 is 5.73. The number of rotatable bonds is 10. The first-order chi connectivity index (χ1) is 9.88. The zero-order valence-electron chi connectivity index (χ0n) is 14.8. The third-order valence-corrected chi connectivity index (χ3v) is 3.32. The van der Waals surface area contributed by atoms with E-state index in [0.29, 0.717) is 17.8 Å². The molecule has 1 rings (SSSR count). The minimum atomic E-state index is 0.679. The average molecular weight is 294 g/mol. The highest BCUT2D eigenvalue weighted by Crippen LogP contribution is 2.15. The minimum Gasteiger partial charge on any atom is -0.468 e. The van der Waals surface area contributed by atoms with Gasteiger partial charge in [0.15, 0.2) is 0 Å². The fourth-order valence-electron chi connectivity index (χ4n) is 2.60. The maximum absolute atomic E-state index is 5.73. The molecule has 3 heteroatoms. The standard InChI is InChI=1S/C18H34N2O/c1-14(2)9-19-10-17-7-8-21-18(17)13-20(11-15(3)4)12-16(5)6/h7-8,14-16,19H,9-13H2,1-6H3. The minimum absolute atomic E-state index is 0.679. The molecule has 1 aromatic rings. The molecule has 21 heavy (non-hydrogen) atoms. The largest absolute Gasteiger partial charge is 0.468 e. The lowest BCUT2D eigenvalue weighted by molar-refractivity contribution is 0.196. The molecule has 1 N–H and O–H groups in total. The Kier molecular flexibility index (Phi) is 8.05. The Morgan fingerprint density at radius 3 is 2.14 bits per heavy atom. The predicted molar refractivity (Wildman–Crippen MR) is 90.2 cm³/mol. The fraction of sp³-hybridized carbons (Fsp3) is 0.778. The second kappa shape index (κ2) is 9.26. The van der Waals surface area contributed by atoms with Crippen molar-refractivity contribution in [3.8, 4) is 0 Å². The molecule has 3 nitrogen and oxygen atoms in total. The molecule has 0 radical (unpaired) electrons. The van der Waals surface area contributed by atoms with Gasteiger partial charge in [-0.1, -0.05) is 41.5 Å². The Bertz CT molecular complexity index is 372. The molecular weight excluding hydrogens is 260 g/mol. The average Bonchev–Trinajstić information content (AvgIpc) is 2.74. The number of hydrogen-bond acceptors (Lipinski definition) is 3. The highest BCUT2D eigenvalue weighted by atomic mass is 16.3. The Balaban J connectivity index is 2.59. The van der Waals surface area contributed by atoms with Crippen LogP contribution in [0.1, 0.15) is 52.9 Å². The van der Waals surface area contributed by atoms with Gasteiger partial charge in [0.2, 0.25) is 0 Å². The second-order valence-electron chi connectivity index (χ2n) is 7.38. The smallest absolute Gasteiger partial charge is 0.122 e. The summed E-state index contributed by atoms with van der Waals surface area (Å²) in [5.74, 6) is 3.16. The van der Waals surface area contributed by atoms with E-state index in [2.05, 4.69) is 57.8 Å². The van der Waals surface area contributed by atoms with Gasteiger partial charge in [-0.25, -0.2) is 0 Å². The van der Waals surface area contributed by atoms with Crippen molar-refractivity contribution < 1.29 is 4.42 Å². The van der Waals surface area contributed by atoms with Crippen LogP contribution in [0, 0.1) is 17.8 Å². The van der Waals surface area contributed by atoms with E-state index in [1.54, 1.807) is 0 Å². The molecule has 0 fully saturated rings. The molecule has 0 saturated carbocycles. The van der Waals surface area contributed by atoms with Gasteiger partial charge in [-0.05, 0) is 30.4 Å². The molecule has 122 valence electrons. The summed E-state index contributed by atoms with van der Waals surface area (Å²) in [4.78, 5) is 2.51. The quantitative estimate of drug-likeness (QED) is 0.703. The molecule has 0 unspecified atom stereocenters. The van der Waals surface area contributed by atoms with Crippen molar-refractivity contribution in [3.63, 3.8) is 0 Å². The van der Waals surface area contributed by atoms with Crippen LogP contribution in [0.25, 0.3) is 0 Å². The SMILES string of the molecule is CC(C)CNCc1ccoc1CN(CC(C)C)CC(C)C. The molecule has 0 aliphatic rings. The summed E-state index contributed by atoms with van der Waals surface area (Å²) in [6.45, 7) is 18.7. The van der Waals surface area contributed by atoms with Crippen molar-refractivity contribution in [1.82, 2.24) is 10.2 Å². The highest BCUT2D eigenvalue weighted by molar-refractivity contribution is 5.16. The van der Waals surface area contributed by atoms with Crippen molar-refractivity contribution in [1.29, 1.82) is 0 Å². The topological polar surface area (TPSA) is 28.4 Å². The number of nitrogens with zero attached hydrogens (tertiary/aromatic N) is 1. The van der Waals surface area contributed by atoms with E-state index in [4.69, 9.17) is 4.42 Å². The first-order valence-corrected chi connectivity index (χ1v) is 8.36. The molecule has 1 heterocycles. The number of hydrogen-bond donors (Lipinski definition) is 1. The predicted octanol–water partition coefficient (Wildman–Crippen LogP) is 4.14. The Morgan fingerprint density at radius 1 is 1.00 bits per heavy atom. The van der Waals surface area contributed by atoms with Gasteiger partial charge in [0.1, 0.15) is 5.76 Å². The first kappa shape index (κ1) is 18.2. The van der Waals surface area contributed by atoms with Gasteiger partial charge in [0.05, 0.1) is 12.8 Å². The van der Waals surface area contributed by atoms with E-state index >= 15 is 0 Å². The Labute approximate surface area is 131 Å². The molecule has 0 aromatic carbocycles. The van der Waals surface area contributed by atoms with Gasteiger partial charge >= 0.3 is 0 Å². The lowest BCUT2D eigenvalue weighted by atomic mass is 10.1. The van der Waals surface area contributed by atoms with Gasteiger partial charge < -0.3 is 9.73 Å². The monoisotopic (exact) mass is 294 g/mol. The van der Waals surface area contributed by atoms with Crippen LogP contribution in [-0.4, -0.2) is 24.5 Å². The maximum Gasteiger partial charge on any atom is 0.122 e. The number of nitrogens with one attached hydrogen (secondary N) is 1. The van der Waals surface area contributed by atoms with Crippen molar-refractivity contribution in [3.05, 3.63) is 23.7 Å². The van der Waals surface area contributed by atoms with Crippen molar-refractivity contribution in [2.45, 2.75) is 54.6 Å². The van der Waals surface area contributed by atoms with Crippen LogP contribution in [0.4, 0.5) is 0 Å². The maximum atomic E-state index is 5.73. The molecule has 0 atom stereocenters. The summed E-state index contributed by atoms with van der Waals surface area (Å²) in [5, 5.41) is 3.50. The lowest BCUT2D eigenvalue weighted by Crippen LogP contribution is -2.31. The zero-order chi connectivity index (χ0) is 15.8. The molecule has 0 amide bonds. The van der Waals surface area contributed by atoms with E-state index in [1.165, 1.54) is 5.56 Å². The van der Waals surface area contributed by atoms with Gasteiger partial charge in [-0.15, -0.1) is 0 Å². The van der Waals surface area contributed by atoms with E-state index < -0.39 is 0 Å². The van der Waals surface area contributed by atoms with Crippen LogP contribution in [0.2, 0.25) is 0 Å². The van der Waals surface area contributed by atoms with Gasteiger partial charge in [0, 0.05) is 25.2 Å². The molecule has 0 aliphatic carbocycles. The summed E-state index contributed by atoms with van der Waals surface area (Å²) in [6.07, 6.45) is 1.82. The molecule has 0 bridgehead atoms.